The maximum Gasteiger partial charge on any atom is 0.0110 e. The van der Waals surface area contributed by atoms with Crippen LogP contribution in [0.1, 0.15) is 5.56 Å². The van der Waals surface area contributed by atoms with E-state index < -0.39 is 0 Å². The lowest BCUT2D eigenvalue weighted by Crippen LogP contribution is -1.92. The Labute approximate surface area is 107 Å². The molecule has 0 amide bonds. The van der Waals surface area contributed by atoms with Crippen molar-refractivity contribution in [2.45, 2.75) is 0 Å². The summed E-state index contributed by atoms with van der Waals surface area (Å²) in [5, 5.41) is 5.10. The first-order chi connectivity index (χ1) is 8.90. The highest BCUT2D eigenvalue weighted by Crippen LogP contribution is 2.29. The van der Waals surface area contributed by atoms with Gasteiger partial charge in [-0.05, 0) is 33.2 Å². The molecule has 0 aliphatic rings. The monoisotopic (exact) mass is 233 g/mol. The average molecular weight is 233 g/mol. The van der Waals surface area contributed by atoms with Gasteiger partial charge in [-0.3, -0.25) is 0 Å². The minimum absolute atomic E-state index is 0.567. The van der Waals surface area contributed by atoms with Gasteiger partial charge in [0, 0.05) is 6.54 Å². The highest BCUT2D eigenvalue weighted by molar-refractivity contribution is 6.06. The molecule has 0 saturated carbocycles. The zero-order chi connectivity index (χ0) is 12.4. The van der Waals surface area contributed by atoms with E-state index in [2.05, 4.69) is 60.7 Å². The third-order valence-corrected chi connectivity index (χ3v) is 3.23. The highest BCUT2D eigenvalue weighted by atomic mass is 14.5. The van der Waals surface area contributed by atoms with Gasteiger partial charge in [0.1, 0.15) is 0 Å². The molecule has 0 atom stereocenters. The maximum absolute atomic E-state index is 5.58. The molecule has 18 heavy (non-hydrogen) atoms. The number of rotatable bonds is 2. The largest absolute Gasteiger partial charge is 0.327 e. The van der Waals surface area contributed by atoms with Gasteiger partial charge >= 0.3 is 0 Å². The van der Waals surface area contributed by atoms with Crippen LogP contribution in [0.5, 0.6) is 0 Å². The van der Waals surface area contributed by atoms with Gasteiger partial charge in [0.25, 0.3) is 0 Å². The van der Waals surface area contributed by atoms with Crippen molar-refractivity contribution >= 4 is 27.6 Å². The van der Waals surface area contributed by atoms with Crippen molar-refractivity contribution in [2.24, 2.45) is 5.73 Å². The second kappa shape index (κ2) is 4.63. The van der Waals surface area contributed by atoms with E-state index in [1.165, 1.54) is 27.1 Å². The predicted molar refractivity (Wildman–Crippen MR) is 79.5 cm³/mol. The first-order valence-corrected chi connectivity index (χ1v) is 6.17. The summed E-state index contributed by atoms with van der Waals surface area (Å²) in [6.45, 7) is 0.567. The SMILES string of the molecule is NCC=Cc1c2ccccc2cc2ccccc12. The van der Waals surface area contributed by atoms with Crippen LogP contribution in [-0.2, 0) is 0 Å². The van der Waals surface area contributed by atoms with E-state index in [0.717, 1.165) is 0 Å². The van der Waals surface area contributed by atoms with Crippen LogP contribution >= 0.6 is 0 Å². The van der Waals surface area contributed by atoms with Crippen molar-refractivity contribution in [2.75, 3.05) is 6.54 Å². The van der Waals surface area contributed by atoms with Gasteiger partial charge in [0.15, 0.2) is 0 Å². The van der Waals surface area contributed by atoms with E-state index in [9.17, 15) is 0 Å². The van der Waals surface area contributed by atoms with Crippen LogP contribution < -0.4 is 5.73 Å². The summed E-state index contributed by atoms with van der Waals surface area (Å²) in [6, 6.07) is 19.2. The van der Waals surface area contributed by atoms with E-state index in [-0.39, 0.29) is 0 Å². The first-order valence-electron chi connectivity index (χ1n) is 6.17. The van der Waals surface area contributed by atoms with E-state index >= 15 is 0 Å². The average Bonchev–Trinajstić information content (AvgIpc) is 2.43. The Morgan fingerprint density at radius 2 is 1.39 bits per heavy atom. The number of fused-ring (bicyclic) bond motifs is 2. The Kier molecular flexibility index (Phi) is 2.83. The Bertz CT molecular complexity index is 672. The first kappa shape index (κ1) is 11.0. The molecule has 0 saturated heterocycles. The summed E-state index contributed by atoms with van der Waals surface area (Å²) in [5.41, 5.74) is 6.84. The molecule has 1 nitrogen and oxygen atoms in total. The number of benzene rings is 3. The fraction of sp³-hybridized carbons (Fsp3) is 0.0588. The number of nitrogens with two attached hydrogens (primary N) is 1. The predicted octanol–water partition coefficient (Wildman–Crippen LogP) is 3.96. The number of hydrogen-bond acceptors (Lipinski definition) is 1. The Balaban J connectivity index is 2.45. The molecular weight excluding hydrogens is 218 g/mol. The van der Waals surface area contributed by atoms with Crippen LogP contribution in [0.15, 0.2) is 60.7 Å². The second-order valence-corrected chi connectivity index (χ2v) is 4.37. The summed E-state index contributed by atoms with van der Waals surface area (Å²) in [6.07, 6.45) is 4.14. The molecule has 3 rings (SSSR count). The molecule has 0 spiro atoms. The maximum atomic E-state index is 5.58. The lowest BCUT2D eigenvalue weighted by atomic mass is 9.96. The van der Waals surface area contributed by atoms with Crippen LogP contribution in [0.25, 0.3) is 27.6 Å². The van der Waals surface area contributed by atoms with Gasteiger partial charge in [0.05, 0.1) is 0 Å². The van der Waals surface area contributed by atoms with Crippen LogP contribution in [0.3, 0.4) is 0 Å². The molecule has 1 heteroatoms. The van der Waals surface area contributed by atoms with Crippen LogP contribution in [0.2, 0.25) is 0 Å². The third-order valence-electron chi connectivity index (χ3n) is 3.23. The summed E-state index contributed by atoms with van der Waals surface area (Å²) < 4.78 is 0. The lowest BCUT2D eigenvalue weighted by molar-refractivity contribution is 1.26. The molecule has 0 aliphatic carbocycles. The minimum atomic E-state index is 0.567. The molecule has 2 N–H and O–H groups in total. The fourth-order valence-corrected chi connectivity index (χ4v) is 2.41. The van der Waals surface area contributed by atoms with Crippen molar-refractivity contribution in [3.63, 3.8) is 0 Å². The summed E-state index contributed by atoms with van der Waals surface area (Å²) in [7, 11) is 0. The van der Waals surface area contributed by atoms with E-state index in [0.29, 0.717) is 6.54 Å². The molecule has 0 fully saturated rings. The standard InChI is InChI=1S/C17H15N/c18-11-5-10-17-15-8-3-1-6-13(15)12-14-7-2-4-9-16(14)17/h1-10,12H,11,18H2. The molecule has 0 bridgehead atoms. The van der Waals surface area contributed by atoms with Crippen molar-refractivity contribution in [1.82, 2.24) is 0 Å². The molecule has 3 aromatic rings. The third kappa shape index (κ3) is 1.79. The van der Waals surface area contributed by atoms with Crippen LogP contribution in [-0.4, -0.2) is 6.54 Å². The molecule has 0 aliphatic heterocycles. The zero-order valence-corrected chi connectivity index (χ0v) is 10.1. The molecule has 0 radical (unpaired) electrons. The second-order valence-electron chi connectivity index (χ2n) is 4.37. The quantitative estimate of drug-likeness (QED) is 0.666. The molecule has 88 valence electrons. The molecular formula is C17H15N. The highest BCUT2D eigenvalue weighted by Gasteiger charge is 2.03. The molecule has 3 aromatic carbocycles. The molecule has 0 aromatic heterocycles. The van der Waals surface area contributed by atoms with Gasteiger partial charge in [-0.1, -0.05) is 60.7 Å². The zero-order valence-electron chi connectivity index (χ0n) is 10.1. The Hall–Kier alpha value is -2.12. The summed E-state index contributed by atoms with van der Waals surface area (Å²) >= 11 is 0. The van der Waals surface area contributed by atoms with E-state index in [1.807, 2.05) is 6.08 Å². The minimum Gasteiger partial charge on any atom is -0.327 e. The topological polar surface area (TPSA) is 26.0 Å². The van der Waals surface area contributed by atoms with Crippen molar-refractivity contribution in [1.29, 1.82) is 0 Å². The van der Waals surface area contributed by atoms with Gasteiger partial charge in [-0.15, -0.1) is 0 Å². The molecule has 0 heterocycles. The smallest absolute Gasteiger partial charge is 0.0110 e. The van der Waals surface area contributed by atoms with E-state index in [1.54, 1.807) is 0 Å². The van der Waals surface area contributed by atoms with Crippen LogP contribution in [0, 0.1) is 0 Å². The van der Waals surface area contributed by atoms with Gasteiger partial charge in [0.2, 0.25) is 0 Å². The van der Waals surface area contributed by atoms with Gasteiger partial charge < -0.3 is 5.73 Å². The Morgan fingerprint density at radius 1 is 0.833 bits per heavy atom. The fourth-order valence-electron chi connectivity index (χ4n) is 2.41. The van der Waals surface area contributed by atoms with Crippen molar-refractivity contribution in [3.05, 3.63) is 66.2 Å². The normalized spacial score (nSPS) is 11.6. The van der Waals surface area contributed by atoms with Crippen LogP contribution in [0.4, 0.5) is 0 Å². The van der Waals surface area contributed by atoms with Crippen molar-refractivity contribution < 1.29 is 0 Å². The van der Waals surface area contributed by atoms with E-state index in [4.69, 9.17) is 5.73 Å². The Morgan fingerprint density at radius 3 is 1.94 bits per heavy atom. The number of hydrogen-bond donors (Lipinski definition) is 1. The van der Waals surface area contributed by atoms with Crippen molar-refractivity contribution in [3.8, 4) is 0 Å². The molecule has 0 unspecified atom stereocenters. The van der Waals surface area contributed by atoms with Gasteiger partial charge in [-0.2, -0.15) is 0 Å². The summed E-state index contributed by atoms with van der Waals surface area (Å²) in [5.74, 6) is 0. The van der Waals surface area contributed by atoms with Gasteiger partial charge in [-0.25, -0.2) is 0 Å². The summed E-state index contributed by atoms with van der Waals surface area (Å²) in [4.78, 5) is 0. The lowest BCUT2D eigenvalue weighted by Gasteiger charge is -2.08.